The Bertz CT molecular complexity index is 1020. The van der Waals surface area contributed by atoms with Crippen LogP contribution in [0.5, 0.6) is 0 Å². The molecule has 11 nitrogen and oxygen atoms in total. The number of amides is 2. The molecule has 1 saturated carbocycles. The lowest BCUT2D eigenvalue weighted by atomic mass is 10.1. The minimum atomic E-state index is -0.729. The molecule has 11 heteroatoms. The molecule has 1 aliphatic rings. The first-order chi connectivity index (χ1) is 15.4. The van der Waals surface area contributed by atoms with Gasteiger partial charge in [0, 0.05) is 30.9 Å². The maximum atomic E-state index is 13.2. The molecule has 0 spiro atoms. The van der Waals surface area contributed by atoms with Gasteiger partial charge in [-0.25, -0.2) is 15.0 Å². The van der Waals surface area contributed by atoms with Crippen LogP contribution in [0.4, 0.5) is 11.4 Å². The molecule has 0 aliphatic heterocycles. The Hall–Kier alpha value is -3.86. The Morgan fingerprint density at radius 2 is 2.00 bits per heavy atom. The highest BCUT2D eigenvalue weighted by molar-refractivity contribution is 6.44. The summed E-state index contributed by atoms with van der Waals surface area (Å²) >= 11 is 0. The van der Waals surface area contributed by atoms with Crippen molar-refractivity contribution in [3.63, 3.8) is 0 Å². The smallest absolute Gasteiger partial charge is 0.276 e. The Morgan fingerprint density at radius 3 is 2.62 bits per heavy atom. The van der Waals surface area contributed by atoms with E-state index in [9.17, 15) is 9.59 Å². The summed E-state index contributed by atoms with van der Waals surface area (Å²) in [6.45, 7) is 1.33. The largest absolute Gasteiger partial charge is 0.394 e. The summed E-state index contributed by atoms with van der Waals surface area (Å²) < 4.78 is 0. The zero-order chi connectivity index (χ0) is 23.1. The lowest BCUT2D eigenvalue weighted by molar-refractivity contribution is -0.115. The molecule has 1 unspecified atom stereocenters. The molecule has 0 aromatic carbocycles. The van der Waals surface area contributed by atoms with Gasteiger partial charge in [-0.15, -0.1) is 0 Å². The van der Waals surface area contributed by atoms with Gasteiger partial charge in [-0.1, -0.05) is 0 Å². The first kappa shape index (κ1) is 22.8. The Labute approximate surface area is 185 Å². The molecule has 1 fully saturated rings. The standard InChI is InChI=1S/C21H26N8O3/c1-12(10-30)26-20(31)18(22)17(9-23-2)29-21(32)19-16(27-14-7-24-11-25-8-14)6-5-15(28-19)13-3-4-13/h5-9,11-13,22-23,27,30H,3-4,10H2,1-2H3,(H,26,31)(H,29,32)/b17-9+,22-18?. The van der Waals surface area contributed by atoms with Gasteiger partial charge >= 0.3 is 0 Å². The van der Waals surface area contributed by atoms with E-state index in [2.05, 4.69) is 36.2 Å². The van der Waals surface area contributed by atoms with Crippen LogP contribution in [0.2, 0.25) is 0 Å². The maximum absolute atomic E-state index is 13.2. The number of nitrogens with one attached hydrogen (secondary N) is 5. The fourth-order valence-electron chi connectivity index (χ4n) is 2.83. The van der Waals surface area contributed by atoms with Crippen LogP contribution in [0.25, 0.3) is 0 Å². The van der Waals surface area contributed by atoms with Gasteiger partial charge in [-0.2, -0.15) is 0 Å². The summed E-state index contributed by atoms with van der Waals surface area (Å²) in [4.78, 5) is 37.9. The van der Waals surface area contributed by atoms with Gasteiger partial charge < -0.3 is 26.4 Å². The zero-order valence-corrected chi connectivity index (χ0v) is 17.8. The van der Waals surface area contributed by atoms with Gasteiger partial charge in [0.25, 0.3) is 11.8 Å². The molecule has 2 aromatic rings. The highest BCUT2D eigenvalue weighted by atomic mass is 16.3. The third-order valence-electron chi connectivity index (χ3n) is 4.65. The maximum Gasteiger partial charge on any atom is 0.276 e. The van der Waals surface area contributed by atoms with E-state index in [4.69, 9.17) is 10.5 Å². The van der Waals surface area contributed by atoms with Crippen molar-refractivity contribution in [2.75, 3.05) is 19.0 Å². The van der Waals surface area contributed by atoms with Gasteiger partial charge in [0.2, 0.25) is 0 Å². The molecular formula is C21H26N8O3. The summed E-state index contributed by atoms with van der Waals surface area (Å²) in [6, 6.07) is 3.11. The van der Waals surface area contributed by atoms with E-state index < -0.39 is 23.6 Å². The van der Waals surface area contributed by atoms with Gasteiger partial charge in [0.1, 0.15) is 12.0 Å². The van der Waals surface area contributed by atoms with Crippen LogP contribution in [0.15, 0.2) is 42.8 Å². The average Bonchev–Trinajstić information content (AvgIpc) is 3.64. The summed E-state index contributed by atoms with van der Waals surface area (Å²) in [5, 5.41) is 28.2. The van der Waals surface area contributed by atoms with Crippen LogP contribution < -0.4 is 21.3 Å². The van der Waals surface area contributed by atoms with Crippen molar-refractivity contribution in [2.45, 2.75) is 31.7 Å². The van der Waals surface area contributed by atoms with E-state index in [0.29, 0.717) is 17.3 Å². The summed E-state index contributed by atoms with van der Waals surface area (Å²) in [5.41, 5.74) is 1.46. The lowest BCUT2D eigenvalue weighted by Crippen LogP contribution is -2.42. The second-order valence-corrected chi connectivity index (χ2v) is 7.39. The minimum Gasteiger partial charge on any atom is -0.394 e. The number of anilines is 2. The second kappa shape index (κ2) is 10.4. The Morgan fingerprint density at radius 1 is 1.28 bits per heavy atom. The number of carbonyl (C=O) groups is 2. The van der Waals surface area contributed by atoms with E-state index in [-0.39, 0.29) is 18.0 Å². The molecule has 0 bridgehead atoms. The summed E-state index contributed by atoms with van der Waals surface area (Å²) in [5.74, 6) is -0.985. The molecule has 2 amide bonds. The number of hydrogen-bond acceptors (Lipinski definition) is 9. The van der Waals surface area contributed by atoms with Crippen molar-refractivity contribution in [1.29, 1.82) is 5.41 Å². The Balaban J connectivity index is 1.85. The van der Waals surface area contributed by atoms with Crippen molar-refractivity contribution in [2.24, 2.45) is 0 Å². The normalized spacial score (nSPS) is 14.3. The van der Waals surface area contributed by atoms with Gasteiger partial charge in [0.15, 0.2) is 5.69 Å². The predicted molar refractivity (Wildman–Crippen MR) is 119 cm³/mol. The van der Waals surface area contributed by atoms with Gasteiger partial charge in [-0.05, 0) is 31.9 Å². The number of aliphatic hydroxyl groups is 1. The number of aliphatic hydroxyl groups excluding tert-OH is 1. The molecule has 1 atom stereocenters. The van der Waals surface area contributed by atoms with Crippen molar-refractivity contribution in [1.82, 2.24) is 30.9 Å². The second-order valence-electron chi connectivity index (χ2n) is 7.39. The van der Waals surface area contributed by atoms with Crippen LogP contribution in [-0.4, -0.2) is 57.3 Å². The van der Waals surface area contributed by atoms with E-state index in [0.717, 1.165) is 18.5 Å². The number of rotatable bonds is 10. The molecule has 32 heavy (non-hydrogen) atoms. The van der Waals surface area contributed by atoms with Crippen molar-refractivity contribution in [3.8, 4) is 0 Å². The monoisotopic (exact) mass is 438 g/mol. The number of hydrogen-bond donors (Lipinski definition) is 6. The van der Waals surface area contributed by atoms with E-state index in [1.165, 1.54) is 12.5 Å². The zero-order valence-electron chi connectivity index (χ0n) is 17.8. The number of carbonyl (C=O) groups excluding carboxylic acids is 2. The number of pyridine rings is 1. The predicted octanol–water partition coefficient (Wildman–Crippen LogP) is 0.800. The molecule has 2 aromatic heterocycles. The lowest BCUT2D eigenvalue weighted by Gasteiger charge is -2.16. The molecule has 2 heterocycles. The van der Waals surface area contributed by atoms with Crippen molar-refractivity contribution in [3.05, 3.63) is 54.1 Å². The molecular weight excluding hydrogens is 412 g/mol. The number of aromatic nitrogens is 3. The summed E-state index contributed by atoms with van der Waals surface area (Å²) in [6.07, 6.45) is 7.91. The first-order valence-electron chi connectivity index (χ1n) is 10.1. The van der Waals surface area contributed by atoms with Crippen LogP contribution in [0.1, 0.15) is 41.9 Å². The SMILES string of the molecule is CN/C=C(/NC(=O)c1nc(C2CC2)ccc1Nc1cncnc1)C(=N)C(=O)NC(C)CO. The molecule has 3 rings (SSSR count). The fraction of sp³-hybridized carbons (Fsp3) is 0.333. The van der Waals surface area contributed by atoms with E-state index >= 15 is 0 Å². The van der Waals surface area contributed by atoms with Gasteiger partial charge in [-0.3, -0.25) is 15.0 Å². The first-order valence-corrected chi connectivity index (χ1v) is 10.1. The molecule has 1 aliphatic carbocycles. The van der Waals surface area contributed by atoms with E-state index in [1.54, 1.807) is 32.4 Å². The molecule has 168 valence electrons. The fourth-order valence-corrected chi connectivity index (χ4v) is 2.83. The number of nitrogens with zero attached hydrogens (tertiary/aromatic N) is 3. The Kier molecular flexibility index (Phi) is 7.45. The van der Waals surface area contributed by atoms with Crippen LogP contribution >= 0.6 is 0 Å². The summed E-state index contributed by atoms with van der Waals surface area (Å²) in [7, 11) is 1.59. The van der Waals surface area contributed by atoms with Crippen LogP contribution in [-0.2, 0) is 4.79 Å². The minimum absolute atomic E-state index is 0.0345. The molecule has 6 N–H and O–H groups in total. The average molecular weight is 438 g/mol. The molecule has 0 saturated heterocycles. The van der Waals surface area contributed by atoms with Crippen molar-refractivity contribution >= 4 is 28.9 Å². The van der Waals surface area contributed by atoms with Gasteiger partial charge in [0.05, 0.1) is 36.1 Å². The quantitative estimate of drug-likeness (QED) is 0.296. The van der Waals surface area contributed by atoms with Crippen LogP contribution in [0, 0.1) is 5.41 Å². The van der Waals surface area contributed by atoms with Crippen molar-refractivity contribution < 1.29 is 14.7 Å². The van der Waals surface area contributed by atoms with Crippen LogP contribution in [0.3, 0.4) is 0 Å². The highest BCUT2D eigenvalue weighted by Gasteiger charge is 2.28. The topological polar surface area (TPSA) is 165 Å². The third-order valence-corrected chi connectivity index (χ3v) is 4.65. The van der Waals surface area contributed by atoms with E-state index in [1.807, 2.05) is 6.07 Å². The third kappa shape index (κ3) is 5.85. The molecule has 0 radical (unpaired) electrons. The highest BCUT2D eigenvalue weighted by Crippen LogP contribution is 2.39.